The predicted molar refractivity (Wildman–Crippen MR) is 127 cm³/mol. The molecule has 3 aromatic carbocycles. The fourth-order valence-electron chi connectivity index (χ4n) is 3.66. The third-order valence-corrected chi connectivity index (χ3v) is 5.28. The summed E-state index contributed by atoms with van der Waals surface area (Å²) in [5, 5.41) is 3.49. The Hall–Kier alpha value is -2.95. The lowest BCUT2D eigenvalue weighted by Crippen LogP contribution is -2.32. The Balaban J connectivity index is 1.39. The molecule has 0 spiro atoms. The highest BCUT2D eigenvalue weighted by molar-refractivity contribution is 5.47. The summed E-state index contributed by atoms with van der Waals surface area (Å²) in [6.07, 6.45) is 2.01. The maximum Gasteiger partial charge on any atom is 0.210 e. The van der Waals surface area contributed by atoms with E-state index in [0.29, 0.717) is 6.54 Å². The van der Waals surface area contributed by atoms with E-state index in [1.807, 2.05) is 23.1 Å². The molecule has 4 nitrogen and oxygen atoms in total. The van der Waals surface area contributed by atoms with Crippen LogP contribution in [0.4, 0.5) is 0 Å². The van der Waals surface area contributed by atoms with Crippen LogP contribution in [0.15, 0.2) is 91.0 Å². The van der Waals surface area contributed by atoms with Crippen molar-refractivity contribution in [1.29, 1.82) is 0 Å². The molecule has 0 aliphatic carbocycles. The smallest absolute Gasteiger partial charge is 0.210 e. The summed E-state index contributed by atoms with van der Waals surface area (Å²) in [7, 11) is 0. The quantitative estimate of drug-likeness (QED) is 0.314. The Morgan fingerprint density at radius 1 is 0.613 bits per heavy atom. The average Bonchev–Trinajstić information content (AvgIpc) is 2.82. The molecule has 4 heteroatoms. The first-order valence-electron chi connectivity index (χ1n) is 11.1. The first kappa shape index (κ1) is 22.7. The lowest BCUT2D eigenvalue weighted by molar-refractivity contribution is -0.118. The maximum atomic E-state index is 11.4. The zero-order valence-electron chi connectivity index (χ0n) is 18.2. The minimum atomic E-state index is 0.661. The molecule has 1 amide bonds. The molecule has 0 bridgehead atoms. The minimum Gasteiger partial charge on any atom is -0.340 e. The van der Waals surface area contributed by atoms with Gasteiger partial charge in [-0.3, -0.25) is 9.69 Å². The van der Waals surface area contributed by atoms with Crippen LogP contribution in [0.1, 0.15) is 23.1 Å². The van der Waals surface area contributed by atoms with E-state index in [1.165, 1.54) is 11.1 Å². The molecule has 0 atom stereocenters. The van der Waals surface area contributed by atoms with Crippen LogP contribution in [-0.4, -0.2) is 42.4 Å². The summed E-state index contributed by atoms with van der Waals surface area (Å²) in [5.41, 5.74) is 3.84. The number of carbonyl (C=O) groups is 1. The van der Waals surface area contributed by atoms with Gasteiger partial charge in [0.15, 0.2) is 0 Å². The van der Waals surface area contributed by atoms with Gasteiger partial charge in [-0.05, 0) is 29.7 Å². The molecule has 0 aliphatic rings. The molecule has 162 valence electrons. The van der Waals surface area contributed by atoms with E-state index < -0.39 is 0 Å². The van der Waals surface area contributed by atoms with E-state index in [1.54, 1.807) is 0 Å². The fourth-order valence-corrected chi connectivity index (χ4v) is 3.66. The van der Waals surface area contributed by atoms with E-state index in [-0.39, 0.29) is 0 Å². The second-order valence-corrected chi connectivity index (χ2v) is 7.85. The van der Waals surface area contributed by atoms with Gasteiger partial charge in [0.25, 0.3) is 0 Å². The van der Waals surface area contributed by atoms with Crippen LogP contribution >= 0.6 is 0 Å². The van der Waals surface area contributed by atoms with Crippen LogP contribution in [-0.2, 0) is 24.4 Å². The van der Waals surface area contributed by atoms with Crippen molar-refractivity contribution in [2.45, 2.75) is 26.1 Å². The molecular formula is C27H33N3O. The molecule has 0 radical (unpaired) electrons. The van der Waals surface area contributed by atoms with Gasteiger partial charge in [-0.25, -0.2) is 0 Å². The Bertz CT molecular complexity index is 814. The summed E-state index contributed by atoms with van der Waals surface area (Å²) in [4.78, 5) is 15.7. The summed E-state index contributed by atoms with van der Waals surface area (Å²) in [6.45, 7) is 6.06. The largest absolute Gasteiger partial charge is 0.340 e. The van der Waals surface area contributed by atoms with Crippen LogP contribution in [0.25, 0.3) is 0 Å². The number of amides is 1. The Labute approximate surface area is 186 Å². The highest BCUT2D eigenvalue weighted by Crippen LogP contribution is 2.10. The van der Waals surface area contributed by atoms with E-state index in [0.717, 1.165) is 57.7 Å². The summed E-state index contributed by atoms with van der Waals surface area (Å²) >= 11 is 0. The highest BCUT2D eigenvalue weighted by atomic mass is 16.1. The lowest BCUT2D eigenvalue weighted by atomic mass is 10.1. The molecular weight excluding hydrogens is 382 g/mol. The highest BCUT2D eigenvalue weighted by Gasteiger charge is 2.07. The van der Waals surface area contributed by atoms with Crippen molar-refractivity contribution in [3.05, 3.63) is 108 Å². The summed E-state index contributed by atoms with van der Waals surface area (Å²) in [6, 6.07) is 31.4. The molecule has 0 unspecified atom stereocenters. The van der Waals surface area contributed by atoms with Crippen LogP contribution in [0.5, 0.6) is 0 Å². The van der Waals surface area contributed by atoms with Crippen molar-refractivity contribution in [1.82, 2.24) is 15.1 Å². The number of hydrogen-bond donors (Lipinski definition) is 1. The second kappa shape index (κ2) is 13.4. The Kier molecular flexibility index (Phi) is 9.80. The van der Waals surface area contributed by atoms with Gasteiger partial charge in [-0.15, -0.1) is 0 Å². The number of nitrogens with zero attached hydrogens (tertiary/aromatic N) is 2. The predicted octanol–water partition coefficient (Wildman–Crippen LogP) is 4.33. The van der Waals surface area contributed by atoms with E-state index in [4.69, 9.17) is 0 Å². The van der Waals surface area contributed by atoms with Crippen LogP contribution in [0.2, 0.25) is 0 Å². The zero-order valence-corrected chi connectivity index (χ0v) is 18.2. The maximum absolute atomic E-state index is 11.4. The van der Waals surface area contributed by atoms with Gasteiger partial charge in [0, 0.05) is 39.3 Å². The number of nitrogens with one attached hydrogen (secondary N) is 1. The van der Waals surface area contributed by atoms with Crippen molar-refractivity contribution in [3.8, 4) is 0 Å². The topological polar surface area (TPSA) is 35.6 Å². The standard InChI is InChI=1S/C27H33N3O/c31-24-30(23-27-15-8-3-9-16-27)20-18-28-17-10-19-29(21-25-11-4-1-5-12-25)22-26-13-6-2-7-14-26/h1-9,11-16,24,28H,10,17-23H2. The first-order chi connectivity index (χ1) is 15.3. The van der Waals surface area contributed by atoms with Crippen molar-refractivity contribution < 1.29 is 4.79 Å². The van der Waals surface area contributed by atoms with Gasteiger partial charge in [0.2, 0.25) is 6.41 Å². The van der Waals surface area contributed by atoms with Gasteiger partial charge < -0.3 is 10.2 Å². The number of rotatable bonds is 14. The van der Waals surface area contributed by atoms with Gasteiger partial charge in [-0.2, -0.15) is 0 Å². The summed E-state index contributed by atoms with van der Waals surface area (Å²) < 4.78 is 0. The van der Waals surface area contributed by atoms with E-state index in [9.17, 15) is 4.79 Å². The molecule has 0 fully saturated rings. The van der Waals surface area contributed by atoms with E-state index in [2.05, 4.69) is 83.0 Å². The summed E-state index contributed by atoms with van der Waals surface area (Å²) in [5.74, 6) is 0. The molecule has 0 saturated carbocycles. The number of benzene rings is 3. The third kappa shape index (κ3) is 8.75. The lowest BCUT2D eigenvalue weighted by Gasteiger charge is -2.23. The van der Waals surface area contributed by atoms with Crippen molar-refractivity contribution in [3.63, 3.8) is 0 Å². The molecule has 0 heterocycles. The number of hydrogen-bond acceptors (Lipinski definition) is 3. The van der Waals surface area contributed by atoms with Gasteiger partial charge in [0.05, 0.1) is 0 Å². The van der Waals surface area contributed by atoms with Gasteiger partial charge >= 0.3 is 0 Å². The van der Waals surface area contributed by atoms with Gasteiger partial charge in [-0.1, -0.05) is 91.0 Å². The molecule has 0 aliphatic heterocycles. The molecule has 3 rings (SSSR count). The van der Waals surface area contributed by atoms with E-state index >= 15 is 0 Å². The first-order valence-corrected chi connectivity index (χ1v) is 11.1. The normalized spacial score (nSPS) is 10.9. The van der Waals surface area contributed by atoms with Crippen LogP contribution < -0.4 is 5.32 Å². The van der Waals surface area contributed by atoms with Crippen LogP contribution in [0, 0.1) is 0 Å². The van der Waals surface area contributed by atoms with Crippen molar-refractivity contribution in [2.75, 3.05) is 26.2 Å². The third-order valence-electron chi connectivity index (χ3n) is 5.28. The Morgan fingerprint density at radius 3 is 1.58 bits per heavy atom. The minimum absolute atomic E-state index is 0.661. The average molecular weight is 416 g/mol. The Morgan fingerprint density at radius 2 is 1.10 bits per heavy atom. The van der Waals surface area contributed by atoms with Crippen LogP contribution in [0.3, 0.4) is 0 Å². The molecule has 3 aromatic rings. The zero-order chi connectivity index (χ0) is 21.6. The monoisotopic (exact) mass is 415 g/mol. The molecule has 0 saturated heterocycles. The van der Waals surface area contributed by atoms with Crippen molar-refractivity contribution >= 4 is 6.41 Å². The second-order valence-electron chi connectivity index (χ2n) is 7.85. The molecule has 1 N–H and O–H groups in total. The fraction of sp³-hybridized carbons (Fsp3) is 0.296. The van der Waals surface area contributed by atoms with Crippen molar-refractivity contribution in [2.24, 2.45) is 0 Å². The van der Waals surface area contributed by atoms with Gasteiger partial charge in [0.1, 0.15) is 0 Å². The molecule has 31 heavy (non-hydrogen) atoms. The molecule has 0 aromatic heterocycles. The number of carbonyl (C=O) groups excluding carboxylic acids is 1. The SMILES string of the molecule is O=CN(CCNCCCN(Cc1ccccc1)Cc1ccccc1)Cc1ccccc1.